The molecule has 6 nitrogen and oxygen atoms in total. The lowest BCUT2D eigenvalue weighted by Gasteiger charge is -2.18. The number of anilines is 1. The molecule has 0 N–H and O–H groups in total. The topological polar surface area (TPSA) is 62.2 Å². The van der Waals surface area contributed by atoms with Crippen molar-refractivity contribution < 1.29 is 13.3 Å². The lowest BCUT2D eigenvalue weighted by molar-refractivity contribution is 0.119. The second kappa shape index (κ2) is 7.02. The zero-order valence-electron chi connectivity index (χ0n) is 14.6. The number of sulfonamides is 1. The first kappa shape index (κ1) is 17.5. The van der Waals surface area contributed by atoms with Crippen molar-refractivity contribution in [3.05, 3.63) is 46.2 Å². The van der Waals surface area contributed by atoms with Crippen LogP contribution in [0, 0.1) is 0 Å². The molecule has 3 heterocycles. The van der Waals surface area contributed by atoms with Gasteiger partial charge in [0, 0.05) is 19.2 Å². The Morgan fingerprint density at radius 3 is 2.77 bits per heavy atom. The van der Waals surface area contributed by atoms with Crippen LogP contribution in [0.4, 0.5) is 5.69 Å². The van der Waals surface area contributed by atoms with Gasteiger partial charge < -0.3 is 4.84 Å². The molecule has 0 spiro atoms. The molecule has 0 atom stereocenters. The van der Waals surface area contributed by atoms with Crippen LogP contribution in [0.1, 0.15) is 23.3 Å². The molecule has 2 aromatic rings. The van der Waals surface area contributed by atoms with Crippen LogP contribution < -0.4 is 4.31 Å². The monoisotopic (exact) mass is 391 g/mol. The Bertz CT molecular complexity index is 931. The highest BCUT2D eigenvalue weighted by Gasteiger charge is 2.34. The van der Waals surface area contributed by atoms with E-state index in [-0.39, 0.29) is 4.90 Å². The van der Waals surface area contributed by atoms with E-state index in [2.05, 4.69) is 10.1 Å². The minimum absolute atomic E-state index is 0.281. The highest BCUT2D eigenvalue weighted by atomic mass is 32.2. The molecule has 8 heteroatoms. The van der Waals surface area contributed by atoms with E-state index in [9.17, 15) is 8.42 Å². The molecule has 2 aliphatic rings. The quantitative estimate of drug-likeness (QED) is 0.594. The lowest BCUT2D eigenvalue weighted by atomic mass is 10.1. The number of hydrogen-bond acceptors (Lipinski definition) is 6. The molecule has 0 saturated carbocycles. The second-order valence-corrected chi connectivity index (χ2v) is 9.28. The van der Waals surface area contributed by atoms with Gasteiger partial charge in [0.05, 0.1) is 10.6 Å². The maximum Gasteiger partial charge on any atom is 0.265 e. The van der Waals surface area contributed by atoms with Crippen LogP contribution in [0.5, 0.6) is 0 Å². The van der Waals surface area contributed by atoms with E-state index in [1.165, 1.54) is 28.5 Å². The van der Waals surface area contributed by atoms with Crippen molar-refractivity contribution in [2.45, 2.75) is 17.7 Å². The molecular weight excluding hydrogens is 370 g/mol. The van der Waals surface area contributed by atoms with Crippen molar-refractivity contribution in [3.63, 3.8) is 0 Å². The van der Waals surface area contributed by atoms with Crippen molar-refractivity contribution in [2.24, 2.45) is 5.16 Å². The summed E-state index contributed by atoms with van der Waals surface area (Å²) in [6.45, 7) is 3.56. The van der Waals surface area contributed by atoms with Crippen LogP contribution in [0.15, 0.2) is 45.8 Å². The molecule has 1 aromatic heterocycles. The Labute approximate surface area is 157 Å². The van der Waals surface area contributed by atoms with Gasteiger partial charge in [-0.3, -0.25) is 9.21 Å². The van der Waals surface area contributed by atoms with E-state index >= 15 is 0 Å². The van der Waals surface area contributed by atoms with Crippen molar-refractivity contribution in [1.82, 2.24) is 4.90 Å². The van der Waals surface area contributed by atoms with Gasteiger partial charge in [0.15, 0.2) is 0 Å². The number of rotatable bonds is 4. The molecule has 0 aliphatic carbocycles. The van der Waals surface area contributed by atoms with Crippen LogP contribution in [-0.4, -0.2) is 52.3 Å². The van der Waals surface area contributed by atoms with E-state index in [0.29, 0.717) is 22.9 Å². The van der Waals surface area contributed by atoms with Gasteiger partial charge >= 0.3 is 0 Å². The molecule has 1 aromatic carbocycles. The van der Waals surface area contributed by atoms with Crippen LogP contribution in [0.3, 0.4) is 0 Å². The standard InChI is InChI=1S/C18H21N3O3S2/c1-20-15-7-3-2-6-14(15)17(18-16(8-13-25-18)26(20,22)23)19-24-12-11-21-9-4-5-10-21/h2-3,6-8,13H,4-5,9-12H2,1H3/b19-17+. The van der Waals surface area contributed by atoms with Crippen molar-refractivity contribution >= 4 is 32.8 Å². The molecule has 138 valence electrons. The second-order valence-electron chi connectivity index (χ2n) is 6.43. The van der Waals surface area contributed by atoms with Gasteiger partial charge in [-0.15, -0.1) is 11.3 Å². The molecule has 4 rings (SSSR count). The fraction of sp³-hybridized carbons (Fsp3) is 0.389. The number of nitrogens with zero attached hydrogens (tertiary/aromatic N) is 3. The molecule has 26 heavy (non-hydrogen) atoms. The number of fused-ring (bicyclic) bond motifs is 2. The minimum Gasteiger partial charge on any atom is -0.394 e. The van der Waals surface area contributed by atoms with E-state index in [0.717, 1.165) is 25.2 Å². The third-order valence-corrected chi connectivity index (χ3v) is 7.70. The first-order valence-corrected chi connectivity index (χ1v) is 11.0. The van der Waals surface area contributed by atoms with Gasteiger partial charge in [0.1, 0.15) is 17.2 Å². The Balaban J connectivity index is 1.69. The largest absolute Gasteiger partial charge is 0.394 e. The maximum atomic E-state index is 12.9. The average Bonchev–Trinajstić information content (AvgIpc) is 3.32. The van der Waals surface area contributed by atoms with Gasteiger partial charge in [-0.05, 0) is 43.4 Å². The molecular formula is C18H21N3O3S2. The van der Waals surface area contributed by atoms with Crippen LogP contribution in [-0.2, 0) is 14.9 Å². The smallest absolute Gasteiger partial charge is 0.265 e. The van der Waals surface area contributed by atoms with E-state index in [1.54, 1.807) is 24.6 Å². The van der Waals surface area contributed by atoms with Gasteiger partial charge in [-0.25, -0.2) is 8.42 Å². The molecule has 0 radical (unpaired) electrons. The first-order valence-electron chi connectivity index (χ1n) is 8.67. The first-order chi connectivity index (χ1) is 12.6. The Hall–Kier alpha value is -1.90. The summed E-state index contributed by atoms with van der Waals surface area (Å²) in [5, 5.41) is 6.15. The highest BCUT2D eigenvalue weighted by Crippen LogP contribution is 2.36. The maximum absolute atomic E-state index is 12.9. The van der Waals surface area contributed by atoms with Crippen LogP contribution in [0.2, 0.25) is 0 Å². The summed E-state index contributed by atoms with van der Waals surface area (Å²) in [4.78, 5) is 8.88. The van der Waals surface area contributed by atoms with Gasteiger partial charge in [0.2, 0.25) is 0 Å². The highest BCUT2D eigenvalue weighted by molar-refractivity contribution is 7.93. The molecule has 2 aliphatic heterocycles. The van der Waals surface area contributed by atoms with Crippen molar-refractivity contribution in [2.75, 3.05) is 37.6 Å². The van der Waals surface area contributed by atoms with Gasteiger partial charge in [-0.2, -0.15) is 0 Å². The normalized spacial score (nSPS) is 20.7. The number of benzene rings is 1. The summed E-state index contributed by atoms with van der Waals surface area (Å²) >= 11 is 1.37. The van der Waals surface area contributed by atoms with Gasteiger partial charge in [-0.1, -0.05) is 23.4 Å². The van der Waals surface area contributed by atoms with Crippen LogP contribution in [0.25, 0.3) is 0 Å². The molecule has 1 fully saturated rings. The third kappa shape index (κ3) is 3.02. The summed E-state index contributed by atoms with van der Waals surface area (Å²) in [6.07, 6.45) is 2.48. The van der Waals surface area contributed by atoms with Crippen molar-refractivity contribution in [1.29, 1.82) is 0 Å². The van der Waals surface area contributed by atoms with E-state index in [1.807, 2.05) is 18.2 Å². The summed E-state index contributed by atoms with van der Waals surface area (Å²) in [5.41, 5.74) is 1.96. The minimum atomic E-state index is -3.60. The number of thiophene rings is 1. The predicted octanol–water partition coefficient (Wildman–Crippen LogP) is 2.75. The summed E-state index contributed by atoms with van der Waals surface area (Å²) in [6, 6.07) is 9.03. The van der Waals surface area contributed by atoms with Crippen LogP contribution >= 0.6 is 11.3 Å². The third-order valence-electron chi connectivity index (χ3n) is 4.83. The fourth-order valence-electron chi connectivity index (χ4n) is 3.40. The summed E-state index contributed by atoms with van der Waals surface area (Å²) in [7, 11) is -2.03. The molecule has 1 saturated heterocycles. The number of hydrogen-bond donors (Lipinski definition) is 0. The Morgan fingerprint density at radius 2 is 1.96 bits per heavy atom. The van der Waals surface area contributed by atoms with Crippen molar-refractivity contribution in [3.8, 4) is 0 Å². The Kier molecular flexibility index (Phi) is 4.73. The lowest BCUT2D eigenvalue weighted by Crippen LogP contribution is -2.26. The molecule has 0 unspecified atom stereocenters. The Morgan fingerprint density at radius 1 is 1.19 bits per heavy atom. The fourth-order valence-corrected chi connectivity index (χ4v) is 6.01. The number of likely N-dealkylation sites (tertiary alicyclic amines) is 1. The molecule has 0 amide bonds. The van der Waals surface area contributed by atoms with E-state index < -0.39 is 10.0 Å². The summed E-state index contributed by atoms with van der Waals surface area (Å²) in [5.74, 6) is 0. The number of para-hydroxylation sites is 1. The van der Waals surface area contributed by atoms with E-state index in [4.69, 9.17) is 4.84 Å². The summed E-state index contributed by atoms with van der Waals surface area (Å²) < 4.78 is 27.2. The number of oxime groups is 1. The zero-order valence-corrected chi connectivity index (χ0v) is 16.2. The molecule has 0 bridgehead atoms. The van der Waals surface area contributed by atoms with Gasteiger partial charge in [0.25, 0.3) is 10.0 Å². The average molecular weight is 392 g/mol. The predicted molar refractivity (Wildman–Crippen MR) is 104 cm³/mol. The zero-order chi connectivity index (χ0) is 18.1. The SMILES string of the molecule is CN1c2ccccc2/C(=N\OCCN2CCCC2)c2sccc2S1(=O)=O.